The molecule has 3 nitrogen and oxygen atoms in total. The maximum absolute atomic E-state index is 5.15. The molecule has 254 valence electrons. The van der Waals surface area contributed by atoms with E-state index in [0.717, 1.165) is 44.5 Å². The highest BCUT2D eigenvalue weighted by atomic mass is 15.0. The first-order valence-corrected chi connectivity index (χ1v) is 18.2. The Labute approximate surface area is 316 Å². The second-order valence-corrected chi connectivity index (χ2v) is 13.2. The van der Waals surface area contributed by atoms with Crippen molar-refractivity contribution >= 4 is 0 Å². The zero-order valence-corrected chi connectivity index (χ0v) is 29.5. The van der Waals surface area contributed by atoms with Crippen molar-refractivity contribution in [1.82, 2.24) is 15.0 Å². The molecule has 9 aromatic rings. The maximum atomic E-state index is 5.15. The second kappa shape index (κ2) is 14.8. The molecular weight excluding hydrogens is 655 g/mol. The largest absolute Gasteiger partial charge is 0.208 e. The minimum absolute atomic E-state index is 0.622. The number of benzene rings is 8. The van der Waals surface area contributed by atoms with Crippen LogP contribution in [0.3, 0.4) is 0 Å². The lowest BCUT2D eigenvalue weighted by molar-refractivity contribution is 1.07. The Balaban J connectivity index is 1.16. The van der Waals surface area contributed by atoms with E-state index in [2.05, 4.69) is 200 Å². The van der Waals surface area contributed by atoms with E-state index in [1.54, 1.807) is 0 Å². The van der Waals surface area contributed by atoms with Crippen molar-refractivity contribution in [2.45, 2.75) is 0 Å². The third-order valence-corrected chi connectivity index (χ3v) is 9.77. The van der Waals surface area contributed by atoms with Crippen molar-refractivity contribution in [2.24, 2.45) is 0 Å². The van der Waals surface area contributed by atoms with Gasteiger partial charge < -0.3 is 0 Å². The van der Waals surface area contributed by atoms with Crippen molar-refractivity contribution in [3.8, 4) is 89.8 Å². The van der Waals surface area contributed by atoms with Gasteiger partial charge in [-0.15, -0.1) is 0 Å². The van der Waals surface area contributed by atoms with Gasteiger partial charge in [0.15, 0.2) is 17.5 Å². The van der Waals surface area contributed by atoms with Crippen LogP contribution in [0.1, 0.15) is 0 Å². The van der Waals surface area contributed by atoms with Crippen molar-refractivity contribution in [3.05, 3.63) is 212 Å². The summed E-state index contributed by atoms with van der Waals surface area (Å²) in [5.74, 6) is 1.88. The number of aromatic nitrogens is 3. The molecule has 0 aliphatic carbocycles. The summed E-state index contributed by atoms with van der Waals surface area (Å²) in [5.41, 5.74) is 14.3. The Morgan fingerprint density at radius 1 is 0.185 bits per heavy atom. The summed E-state index contributed by atoms with van der Waals surface area (Å²) in [4.78, 5) is 15.4. The average Bonchev–Trinajstić information content (AvgIpc) is 3.27. The summed E-state index contributed by atoms with van der Waals surface area (Å²) < 4.78 is 0. The molecule has 0 spiro atoms. The van der Waals surface area contributed by atoms with Crippen molar-refractivity contribution in [2.75, 3.05) is 0 Å². The molecular formula is C51H35N3. The highest BCUT2D eigenvalue weighted by molar-refractivity contribution is 5.92. The molecule has 0 saturated heterocycles. The highest BCUT2D eigenvalue weighted by Crippen LogP contribution is 2.39. The molecule has 0 fully saturated rings. The van der Waals surface area contributed by atoms with E-state index < -0.39 is 0 Å². The predicted octanol–water partition coefficient (Wildman–Crippen LogP) is 13.2. The van der Waals surface area contributed by atoms with Crippen LogP contribution in [0.25, 0.3) is 89.8 Å². The van der Waals surface area contributed by atoms with E-state index in [-0.39, 0.29) is 0 Å². The predicted molar refractivity (Wildman–Crippen MR) is 223 cm³/mol. The highest BCUT2D eigenvalue weighted by Gasteiger charge is 2.16. The van der Waals surface area contributed by atoms with E-state index in [4.69, 9.17) is 15.0 Å². The summed E-state index contributed by atoms with van der Waals surface area (Å²) in [6.07, 6.45) is 0. The first-order valence-electron chi connectivity index (χ1n) is 18.2. The fourth-order valence-electron chi connectivity index (χ4n) is 7.06. The molecule has 0 saturated carbocycles. The van der Waals surface area contributed by atoms with E-state index in [9.17, 15) is 0 Å². The fraction of sp³-hybridized carbons (Fsp3) is 0. The molecule has 0 N–H and O–H groups in total. The third kappa shape index (κ3) is 6.74. The molecule has 8 aromatic carbocycles. The molecule has 0 atom stereocenters. The molecule has 3 heteroatoms. The topological polar surface area (TPSA) is 38.7 Å². The normalized spacial score (nSPS) is 11.0. The minimum Gasteiger partial charge on any atom is -0.208 e. The Kier molecular flexibility index (Phi) is 8.94. The number of hydrogen-bond acceptors (Lipinski definition) is 3. The molecule has 0 aliphatic rings. The van der Waals surface area contributed by atoms with Gasteiger partial charge in [-0.2, -0.15) is 0 Å². The molecule has 0 aliphatic heterocycles. The number of nitrogens with zero attached hydrogens (tertiary/aromatic N) is 3. The van der Waals surface area contributed by atoms with Crippen LogP contribution in [-0.2, 0) is 0 Å². The molecule has 9 rings (SSSR count). The molecule has 54 heavy (non-hydrogen) atoms. The van der Waals surface area contributed by atoms with Crippen LogP contribution in [0.5, 0.6) is 0 Å². The molecule has 0 unspecified atom stereocenters. The zero-order chi connectivity index (χ0) is 36.1. The van der Waals surface area contributed by atoms with Crippen LogP contribution in [0.4, 0.5) is 0 Å². The fourth-order valence-corrected chi connectivity index (χ4v) is 7.06. The van der Waals surface area contributed by atoms with Crippen LogP contribution in [-0.4, -0.2) is 15.0 Å². The van der Waals surface area contributed by atoms with Gasteiger partial charge in [-0.25, -0.2) is 15.0 Å². The lowest BCUT2D eigenvalue weighted by Crippen LogP contribution is -2.00. The summed E-state index contributed by atoms with van der Waals surface area (Å²) in [7, 11) is 0. The smallest absolute Gasteiger partial charge is 0.164 e. The SMILES string of the molecule is c1ccc(-c2ccc(-c3nc(-c4cccc(-c5ccccc5)c4)nc(-c4cccc(-c5ccccc5-c5ccccc5-c5ccccc5)c4)n3)cc2)cc1. The lowest BCUT2D eigenvalue weighted by Gasteiger charge is -2.15. The molecule has 0 amide bonds. The van der Waals surface area contributed by atoms with Gasteiger partial charge in [-0.1, -0.05) is 200 Å². The van der Waals surface area contributed by atoms with E-state index >= 15 is 0 Å². The van der Waals surface area contributed by atoms with Crippen LogP contribution in [0.15, 0.2) is 212 Å². The number of hydrogen-bond donors (Lipinski definition) is 0. The van der Waals surface area contributed by atoms with Gasteiger partial charge in [-0.05, 0) is 67.8 Å². The van der Waals surface area contributed by atoms with Crippen molar-refractivity contribution < 1.29 is 0 Å². The summed E-state index contributed by atoms with van der Waals surface area (Å²) in [6.45, 7) is 0. The van der Waals surface area contributed by atoms with Gasteiger partial charge >= 0.3 is 0 Å². The standard InChI is InChI=1S/C51H35N3/c1-4-16-36(17-5-1)38-30-32-40(33-31-38)49-52-50(43-24-14-22-41(34-43)37-18-6-2-7-19-37)54-51(53-49)44-25-15-23-42(35-44)46-27-11-13-29-48(46)47-28-12-10-26-45(47)39-20-8-3-9-21-39/h1-35H. The van der Waals surface area contributed by atoms with E-state index in [0.29, 0.717) is 17.5 Å². The molecule has 1 aromatic heterocycles. The van der Waals surface area contributed by atoms with Gasteiger partial charge in [0.05, 0.1) is 0 Å². The molecule has 0 radical (unpaired) electrons. The first-order chi connectivity index (χ1) is 26.8. The average molecular weight is 690 g/mol. The van der Waals surface area contributed by atoms with Crippen LogP contribution >= 0.6 is 0 Å². The summed E-state index contributed by atoms with van der Waals surface area (Å²) in [6, 6.07) is 74.1. The first kappa shape index (κ1) is 32.7. The van der Waals surface area contributed by atoms with Gasteiger partial charge in [0, 0.05) is 16.7 Å². The maximum Gasteiger partial charge on any atom is 0.164 e. The minimum atomic E-state index is 0.622. The molecule has 0 bridgehead atoms. The Morgan fingerprint density at radius 2 is 0.500 bits per heavy atom. The second-order valence-electron chi connectivity index (χ2n) is 13.2. The summed E-state index contributed by atoms with van der Waals surface area (Å²) >= 11 is 0. The van der Waals surface area contributed by atoms with E-state index in [1.165, 1.54) is 27.8 Å². The Hall–Kier alpha value is -7.23. The van der Waals surface area contributed by atoms with Crippen molar-refractivity contribution in [1.29, 1.82) is 0 Å². The van der Waals surface area contributed by atoms with Gasteiger partial charge in [0.1, 0.15) is 0 Å². The van der Waals surface area contributed by atoms with Gasteiger partial charge in [0.25, 0.3) is 0 Å². The quantitative estimate of drug-likeness (QED) is 0.159. The Bertz CT molecular complexity index is 2690. The van der Waals surface area contributed by atoms with Crippen molar-refractivity contribution in [3.63, 3.8) is 0 Å². The zero-order valence-electron chi connectivity index (χ0n) is 29.5. The van der Waals surface area contributed by atoms with E-state index in [1.807, 2.05) is 12.1 Å². The Morgan fingerprint density at radius 3 is 1.04 bits per heavy atom. The monoisotopic (exact) mass is 689 g/mol. The summed E-state index contributed by atoms with van der Waals surface area (Å²) in [5, 5.41) is 0. The van der Waals surface area contributed by atoms with Crippen LogP contribution < -0.4 is 0 Å². The number of rotatable bonds is 8. The molecule has 1 heterocycles. The van der Waals surface area contributed by atoms with Crippen LogP contribution in [0, 0.1) is 0 Å². The lowest BCUT2D eigenvalue weighted by atomic mass is 9.89. The van der Waals surface area contributed by atoms with Gasteiger partial charge in [-0.3, -0.25) is 0 Å². The third-order valence-electron chi connectivity index (χ3n) is 9.77. The van der Waals surface area contributed by atoms with Gasteiger partial charge in [0.2, 0.25) is 0 Å². The van der Waals surface area contributed by atoms with Crippen LogP contribution in [0.2, 0.25) is 0 Å².